The van der Waals surface area contributed by atoms with Gasteiger partial charge in [-0.25, -0.2) is 9.97 Å². The van der Waals surface area contributed by atoms with Gasteiger partial charge in [-0.3, -0.25) is 13.9 Å². The number of nitrogens with one attached hydrogen (secondary N) is 1. The van der Waals surface area contributed by atoms with Crippen LogP contribution in [0.5, 0.6) is 0 Å². The second kappa shape index (κ2) is 8.81. The Morgan fingerprint density at radius 3 is 2.75 bits per heavy atom. The molecule has 4 heterocycles. The second-order valence-electron chi connectivity index (χ2n) is 8.04. The standard InChI is InChI=1S/C22H16ClF3N8O2/c23-16-7-12(1-2-14(16)21(36)32-9-13(35)10-32)30-19-20-29-8-17(34(20)6-4-28-19)15-11-33(5-3-27)31-18(15)22(24,25)26/h1-2,4,6-8,11,13,35H,5,9-10H2,(H,28,30). The molecule has 1 amide bonds. The Morgan fingerprint density at radius 1 is 1.31 bits per heavy atom. The molecule has 14 heteroatoms. The van der Waals surface area contributed by atoms with Crippen LogP contribution in [0.2, 0.25) is 5.02 Å². The molecule has 5 rings (SSSR count). The van der Waals surface area contributed by atoms with Crippen molar-refractivity contribution in [2.75, 3.05) is 18.4 Å². The molecule has 0 radical (unpaired) electrons. The van der Waals surface area contributed by atoms with Crippen molar-refractivity contribution in [3.63, 3.8) is 0 Å². The van der Waals surface area contributed by atoms with Gasteiger partial charge in [0.1, 0.15) is 6.54 Å². The highest BCUT2D eigenvalue weighted by Crippen LogP contribution is 2.37. The number of alkyl halides is 3. The van der Waals surface area contributed by atoms with E-state index in [0.29, 0.717) is 5.69 Å². The summed E-state index contributed by atoms with van der Waals surface area (Å²) in [6, 6.07) is 6.44. The minimum atomic E-state index is -4.74. The summed E-state index contributed by atoms with van der Waals surface area (Å²) in [5.41, 5.74) is -0.264. The van der Waals surface area contributed by atoms with Gasteiger partial charge < -0.3 is 15.3 Å². The molecule has 0 saturated carbocycles. The summed E-state index contributed by atoms with van der Waals surface area (Å²) < 4.78 is 43.2. The van der Waals surface area contributed by atoms with Crippen molar-refractivity contribution >= 4 is 34.7 Å². The molecule has 0 unspecified atom stereocenters. The van der Waals surface area contributed by atoms with Crippen LogP contribution in [-0.4, -0.2) is 59.3 Å². The predicted molar refractivity (Wildman–Crippen MR) is 121 cm³/mol. The highest BCUT2D eigenvalue weighted by atomic mass is 35.5. The molecule has 10 nitrogen and oxygen atoms in total. The molecular weight excluding hydrogens is 501 g/mol. The van der Waals surface area contributed by atoms with Gasteiger partial charge in [0, 0.05) is 37.4 Å². The fourth-order valence-electron chi connectivity index (χ4n) is 3.87. The van der Waals surface area contributed by atoms with Gasteiger partial charge >= 0.3 is 6.18 Å². The van der Waals surface area contributed by atoms with Crippen LogP contribution in [0, 0.1) is 11.3 Å². The first-order valence-electron chi connectivity index (χ1n) is 10.5. The first kappa shape index (κ1) is 23.6. The summed E-state index contributed by atoms with van der Waals surface area (Å²) in [5.74, 6) is -0.0601. The zero-order valence-electron chi connectivity index (χ0n) is 18.2. The molecule has 0 spiro atoms. The number of imidazole rings is 1. The molecule has 0 aliphatic carbocycles. The number of hydrogen-bond acceptors (Lipinski definition) is 7. The number of aliphatic hydroxyl groups excluding tert-OH is 1. The van der Waals surface area contributed by atoms with Crippen LogP contribution in [-0.2, 0) is 12.7 Å². The number of carbonyl (C=O) groups is 1. The summed E-state index contributed by atoms with van der Waals surface area (Å²) in [5, 5.41) is 25.0. The lowest BCUT2D eigenvalue weighted by molar-refractivity contribution is -0.141. The Hall–Kier alpha value is -4.15. The molecule has 1 aromatic carbocycles. The lowest BCUT2D eigenvalue weighted by Gasteiger charge is -2.36. The first-order valence-corrected chi connectivity index (χ1v) is 10.9. The van der Waals surface area contributed by atoms with E-state index in [1.165, 1.54) is 40.0 Å². The van der Waals surface area contributed by atoms with Crippen LogP contribution in [0.25, 0.3) is 16.9 Å². The lowest BCUT2D eigenvalue weighted by atomic mass is 10.1. The van der Waals surface area contributed by atoms with Gasteiger partial charge in [0.05, 0.1) is 40.2 Å². The largest absolute Gasteiger partial charge is 0.435 e. The van der Waals surface area contributed by atoms with E-state index in [4.69, 9.17) is 16.9 Å². The summed E-state index contributed by atoms with van der Waals surface area (Å²) in [7, 11) is 0. The number of rotatable bonds is 5. The number of nitrogens with zero attached hydrogens (tertiary/aromatic N) is 7. The number of likely N-dealkylation sites (tertiary alicyclic amines) is 1. The number of aromatic nitrogens is 5. The second-order valence-corrected chi connectivity index (χ2v) is 8.45. The molecule has 184 valence electrons. The molecular formula is C22H16ClF3N8O2. The third-order valence-electron chi connectivity index (χ3n) is 5.58. The van der Waals surface area contributed by atoms with Crippen LogP contribution in [0.4, 0.5) is 24.7 Å². The van der Waals surface area contributed by atoms with Gasteiger partial charge in [-0.2, -0.15) is 23.5 Å². The van der Waals surface area contributed by atoms with Crippen molar-refractivity contribution in [3.05, 3.63) is 59.3 Å². The van der Waals surface area contributed by atoms with E-state index in [9.17, 15) is 23.1 Å². The number of benzene rings is 1. The molecule has 3 aromatic heterocycles. The third kappa shape index (κ3) is 4.21. The number of halogens is 4. The number of β-amino-alcohol motifs (C(OH)–C–C–N with tert-alkyl or cyclic N) is 1. The maximum atomic E-state index is 13.6. The van der Waals surface area contributed by atoms with Gasteiger partial charge in [-0.05, 0) is 18.2 Å². The number of fused-ring (bicyclic) bond motifs is 1. The normalized spacial score (nSPS) is 14.1. The number of nitriles is 1. The maximum absolute atomic E-state index is 13.6. The van der Waals surface area contributed by atoms with Gasteiger partial charge in [0.15, 0.2) is 17.2 Å². The van der Waals surface area contributed by atoms with E-state index in [0.717, 1.165) is 10.9 Å². The van der Waals surface area contributed by atoms with Crippen molar-refractivity contribution in [1.29, 1.82) is 5.26 Å². The zero-order valence-corrected chi connectivity index (χ0v) is 19.0. The van der Waals surface area contributed by atoms with E-state index >= 15 is 0 Å². The average Bonchev–Trinajstić information content (AvgIpc) is 3.42. The monoisotopic (exact) mass is 516 g/mol. The lowest BCUT2D eigenvalue weighted by Crippen LogP contribution is -2.53. The van der Waals surface area contributed by atoms with Crippen molar-refractivity contribution in [1.82, 2.24) is 29.0 Å². The average molecular weight is 517 g/mol. The molecule has 2 N–H and O–H groups in total. The highest BCUT2D eigenvalue weighted by molar-refractivity contribution is 6.34. The Labute approximate surface area is 206 Å². The van der Waals surface area contributed by atoms with E-state index in [-0.39, 0.29) is 58.8 Å². The highest BCUT2D eigenvalue weighted by Gasteiger charge is 2.38. The maximum Gasteiger partial charge on any atom is 0.435 e. The van der Waals surface area contributed by atoms with E-state index < -0.39 is 18.0 Å². The van der Waals surface area contributed by atoms with Crippen LogP contribution >= 0.6 is 11.6 Å². The third-order valence-corrected chi connectivity index (χ3v) is 5.89. The van der Waals surface area contributed by atoms with E-state index in [1.54, 1.807) is 12.1 Å². The topological polar surface area (TPSA) is 124 Å². The van der Waals surface area contributed by atoms with Gasteiger partial charge in [-0.1, -0.05) is 11.6 Å². The number of hydrogen-bond donors (Lipinski definition) is 2. The van der Waals surface area contributed by atoms with Gasteiger partial charge in [0.25, 0.3) is 5.91 Å². The van der Waals surface area contributed by atoms with Crippen LogP contribution < -0.4 is 5.32 Å². The van der Waals surface area contributed by atoms with E-state index in [2.05, 4.69) is 20.4 Å². The molecule has 36 heavy (non-hydrogen) atoms. The summed E-state index contributed by atoms with van der Waals surface area (Å²) in [4.78, 5) is 22.4. The Morgan fingerprint density at radius 2 is 2.08 bits per heavy atom. The zero-order chi connectivity index (χ0) is 25.6. The van der Waals surface area contributed by atoms with Crippen molar-refractivity contribution < 1.29 is 23.1 Å². The quantitative estimate of drug-likeness (QED) is 0.417. The predicted octanol–water partition coefficient (Wildman–Crippen LogP) is 3.35. The molecule has 0 atom stereocenters. The number of carbonyl (C=O) groups excluding carboxylic acids is 1. The smallest absolute Gasteiger partial charge is 0.389 e. The summed E-state index contributed by atoms with van der Waals surface area (Å²) in [6.07, 6.45) is -0.00842. The Kier molecular flexibility index (Phi) is 5.77. The van der Waals surface area contributed by atoms with Crippen LogP contribution in [0.1, 0.15) is 16.1 Å². The fraction of sp³-hybridized carbons (Fsp3) is 0.227. The number of anilines is 2. The van der Waals surface area contributed by atoms with Crippen LogP contribution in [0.15, 0.2) is 43.0 Å². The fourth-order valence-corrected chi connectivity index (χ4v) is 4.13. The molecule has 1 fully saturated rings. The van der Waals surface area contributed by atoms with Crippen molar-refractivity contribution in [2.45, 2.75) is 18.8 Å². The SMILES string of the molecule is N#CCn1cc(-c2cnc3c(Nc4ccc(C(=O)N5CC(O)C5)c(Cl)c4)nccn23)c(C(F)(F)F)n1. The Bertz CT molecular complexity index is 1520. The number of aliphatic hydroxyl groups is 1. The van der Waals surface area contributed by atoms with Crippen LogP contribution in [0.3, 0.4) is 0 Å². The molecule has 0 bridgehead atoms. The van der Waals surface area contributed by atoms with Gasteiger partial charge in [-0.15, -0.1) is 0 Å². The van der Waals surface area contributed by atoms with E-state index in [1.807, 2.05) is 0 Å². The first-order chi connectivity index (χ1) is 17.2. The molecule has 1 aliphatic rings. The number of amides is 1. The minimum Gasteiger partial charge on any atom is -0.389 e. The molecule has 4 aromatic rings. The summed E-state index contributed by atoms with van der Waals surface area (Å²) >= 11 is 6.31. The van der Waals surface area contributed by atoms with Crippen molar-refractivity contribution in [3.8, 4) is 17.3 Å². The molecule has 1 aliphatic heterocycles. The Balaban J connectivity index is 1.47. The van der Waals surface area contributed by atoms with Gasteiger partial charge in [0.2, 0.25) is 0 Å². The summed E-state index contributed by atoms with van der Waals surface area (Å²) in [6.45, 7) is 0.148. The van der Waals surface area contributed by atoms with Crippen molar-refractivity contribution in [2.24, 2.45) is 0 Å². The minimum absolute atomic E-state index is 0.114. The molecule has 1 saturated heterocycles.